The van der Waals surface area contributed by atoms with Crippen LogP contribution in [-0.4, -0.2) is 30.6 Å². The largest absolute Gasteiger partial charge is 0.380 e. The fourth-order valence-electron chi connectivity index (χ4n) is 2.46. The molecule has 1 amide bonds. The van der Waals surface area contributed by atoms with E-state index in [2.05, 4.69) is 22.9 Å². The summed E-state index contributed by atoms with van der Waals surface area (Å²) in [5, 5.41) is 0. The molecule has 0 spiro atoms. The number of benzene rings is 1. The van der Waals surface area contributed by atoms with Gasteiger partial charge in [-0.2, -0.15) is 0 Å². The minimum atomic E-state index is 0.148. The van der Waals surface area contributed by atoms with Crippen LogP contribution in [0.3, 0.4) is 0 Å². The first-order chi connectivity index (χ1) is 8.07. The van der Waals surface area contributed by atoms with Gasteiger partial charge in [-0.15, -0.1) is 0 Å². The Bertz CT molecular complexity index is 482. The van der Waals surface area contributed by atoms with E-state index >= 15 is 0 Å². The van der Waals surface area contributed by atoms with Gasteiger partial charge in [-0.3, -0.25) is 4.79 Å². The topological polar surface area (TPSA) is 29.5 Å². The highest BCUT2D eigenvalue weighted by molar-refractivity contribution is 9.10. The highest BCUT2D eigenvalue weighted by atomic mass is 79.9. The average molecular weight is 296 g/mol. The number of hydrogen-bond acceptors (Lipinski definition) is 2. The summed E-state index contributed by atoms with van der Waals surface area (Å²) < 4.78 is 6.20. The summed E-state index contributed by atoms with van der Waals surface area (Å²) in [6.07, 6.45) is 0. The van der Waals surface area contributed by atoms with Gasteiger partial charge in [0.05, 0.1) is 13.2 Å². The van der Waals surface area contributed by atoms with E-state index in [-0.39, 0.29) is 11.3 Å². The Balaban J connectivity index is 1.81. The molecule has 2 aliphatic heterocycles. The van der Waals surface area contributed by atoms with Gasteiger partial charge in [-0.1, -0.05) is 28.9 Å². The molecule has 90 valence electrons. The van der Waals surface area contributed by atoms with Crippen molar-refractivity contribution < 1.29 is 9.53 Å². The normalized spacial score (nSPS) is 21.3. The van der Waals surface area contributed by atoms with Gasteiger partial charge in [0.1, 0.15) is 0 Å². The first-order valence-electron chi connectivity index (χ1n) is 5.73. The second kappa shape index (κ2) is 3.82. The molecule has 4 heteroatoms. The number of carbonyl (C=O) groups is 1. The van der Waals surface area contributed by atoms with Crippen LogP contribution in [0.5, 0.6) is 0 Å². The van der Waals surface area contributed by atoms with Crippen molar-refractivity contribution in [2.45, 2.75) is 13.5 Å². The lowest BCUT2D eigenvalue weighted by Crippen LogP contribution is -2.48. The van der Waals surface area contributed by atoms with Gasteiger partial charge in [0, 0.05) is 28.5 Å². The Labute approximate surface area is 109 Å². The van der Waals surface area contributed by atoms with Crippen molar-refractivity contribution in [1.29, 1.82) is 0 Å². The summed E-state index contributed by atoms with van der Waals surface area (Å²) >= 11 is 3.41. The molecule has 2 aliphatic rings. The Morgan fingerprint density at radius 2 is 2.24 bits per heavy atom. The van der Waals surface area contributed by atoms with Crippen LogP contribution in [0.4, 0.5) is 0 Å². The second-order valence-corrected chi connectivity index (χ2v) is 6.18. The van der Waals surface area contributed by atoms with Gasteiger partial charge in [-0.25, -0.2) is 0 Å². The van der Waals surface area contributed by atoms with Crippen LogP contribution in [0.25, 0.3) is 0 Å². The zero-order valence-electron chi connectivity index (χ0n) is 9.70. The van der Waals surface area contributed by atoms with Crippen molar-refractivity contribution in [2.24, 2.45) is 5.41 Å². The Morgan fingerprint density at radius 3 is 2.88 bits per heavy atom. The minimum absolute atomic E-state index is 0.148. The summed E-state index contributed by atoms with van der Waals surface area (Å²) in [4.78, 5) is 14.2. The molecule has 0 saturated carbocycles. The summed E-state index contributed by atoms with van der Waals surface area (Å²) in [6.45, 7) is 5.21. The molecular weight excluding hydrogens is 282 g/mol. The van der Waals surface area contributed by atoms with E-state index in [0.29, 0.717) is 0 Å². The number of fused-ring (bicyclic) bond motifs is 1. The van der Waals surface area contributed by atoms with Crippen LogP contribution in [-0.2, 0) is 11.3 Å². The fraction of sp³-hybridized carbons (Fsp3) is 0.462. The molecule has 0 bridgehead atoms. The van der Waals surface area contributed by atoms with Crippen molar-refractivity contribution >= 4 is 21.8 Å². The molecule has 3 rings (SSSR count). The fourth-order valence-corrected chi connectivity index (χ4v) is 2.82. The lowest BCUT2D eigenvalue weighted by Gasteiger charge is -2.40. The van der Waals surface area contributed by atoms with Gasteiger partial charge in [-0.05, 0) is 17.7 Å². The summed E-state index contributed by atoms with van der Waals surface area (Å²) in [5.41, 5.74) is 2.11. The van der Waals surface area contributed by atoms with Crippen LogP contribution in [0, 0.1) is 5.41 Å². The highest BCUT2D eigenvalue weighted by Crippen LogP contribution is 2.32. The highest BCUT2D eigenvalue weighted by Gasteiger charge is 2.39. The first-order valence-corrected chi connectivity index (χ1v) is 6.52. The molecule has 0 atom stereocenters. The van der Waals surface area contributed by atoms with E-state index in [4.69, 9.17) is 4.74 Å². The van der Waals surface area contributed by atoms with Gasteiger partial charge in [0.25, 0.3) is 5.91 Å². The predicted molar refractivity (Wildman–Crippen MR) is 67.8 cm³/mol. The molecule has 0 unspecified atom stereocenters. The summed E-state index contributed by atoms with van der Waals surface area (Å²) in [5.74, 6) is 0.148. The maximum Gasteiger partial charge on any atom is 0.254 e. The van der Waals surface area contributed by atoms with Crippen molar-refractivity contribution in [1.82, 2.24) is 4.90 Å². The molecule has 1 aromatic rings. The van der Waals surface area contributed by atoms with Crippen LogP contribution in [0.15, 0.2) is 22.7 Å². The molecular formula is C13H14BrNO2. The number of nitrogens with zero attached hydrogens (tertiary/aromatic N) is 1. The van der Waals surface area contributed by atoms with E-state index in [1.165, 1.54) is 0 Å². The molecule has 17 heavy (non-hydrogen) atoms. The SMILES string of the molecule is CC1(CN2Cc3ccc(Br)cc3C2=O)COC1. The lowest BCUT2D eigenvalue weighted by molar-refractivity contribution is -0.111. The third kappa shape index (κ3) is 1.89. The molecule has 0 aromatic heterocycles. The number of hydrogen-bond donors (Lipinski definition) is 0. The molecule has 0 N–H and O–H groups in total. The smallest absolute Gasteiger partial charge is 0.254 e. The van der Waals surface area contributed by atoms with E-state index in [1.807, 2.05) is 23.1 Å². The minimum Gasteiger partial charge on any atom is -0.380 e. The average Bonchev–Trinajstić information content (AvgIpc) is 2.54. The zero-order chi connectivity index (χ0) is 12.0. The van der Waals surface area contributed by atoms with Gasteiger partial charge >= 0.3 is 0 Å². The van der Waals surface area contributed by atoms with Crippen molar-refractivity contribution in [2.75, 3.05) is 19.8 Å². The Morgan fingerprint density at radius 1 is 1.47 bits per heavy atom. The number of amides is 1. The number of carbonyl (C=O) groups excluding carboxylic acids is 1. The van der Waals surface area contributed by atoms with Gasteiger partial charge < -0.3 is 9.64 Å². The molecule has 2 heterocycles. The van der Waals surface area contributed by atoms with Crippen molar-refractivity contribution in [3.8, 4) is 0 Å². The van der Waals surface area contributed by atoms with Gasteiger partial charge in [0.2, 0.25) is 0 Å². The van der Waals surface area contributed by atoms with E-state index in [0.717, 1.165) is 41.9 Å². The van der Waals surface area contributed by atoms with Crippen molar-refractivity contribution in [3.05, 3.63) is 33.8 Å². The van der Waals surface area contributed by atoms with Crippen LogP contribution < -0.4 is 0 Å². The molecule has 3 nitrogen and oxygen atoms in total. The molecule has 1 fully saturated rings. The predicted octanol–water partition coefficient (Wildman–Crippen LogP) is 2.44. The monoisotopic (exact) mass is 295 g/mol. The van der Waals surface area contributed by atoms with Crippen LogP contribution >= 0.6 is 15.9 Å². The van der Waals surface area contributed by atoms with Crippen LogP contribution in [0.2, 0.25) is 0 Å². The summed E-state index contributed by atoms with van der Waals surface area (Å²) in [6, 6.07) is 5.93. The number of ether oxygens (including phenoxy) is 1. The number of halogens is 1. The molecule has 0 radical (unpaired) electrons. The molecule has 1 saturated heterocycles. The van der Waals surface area contributed by atoms with E-state index in [1.54, 1.807) is 0 Å². The zero-order valence-corrected chi connectivity index (χ0v) is 11.3. The quantitative estimate of drug-likeness (QED) is 0.839. The van der Waals surface area contributed by atoms with Crippen LogP contribution in [0.1, 0.15) is 22.8 Å². The van der Waals surface area contributed by atoms with E-state index in [9.17, 15) is 4.79 Å². The van der Waals surface area contributed by atoms with Crippen molar-refractivity contribution in [3.63, 3.8) is 0 Å². The standard InChI is InChI=1S/C13H14BrNO2/c1-13(7-17-8-13)6-15-5-9-2-3-10(14)4-11(9)12(15)16/h2-4H,5-8H2,1H3. The van der Waals surface area contributed by atoms with E-state index < -0.39 is 0 Å². The third-order valence-corrected chi connectivity index (χ3v) is 3.92. The summed E-state index contributed by atoms with van der Waals surface area (Å²) in [7, 11) is 0. The Kier molecular flexibility index (Phi) is 2.52. The maximum atomic E-state index is 12.2. The second-order valence-electron chi connectivity index (χ2n) is 5.27. The van der Waals surface area contributed by atoms with Gasteiger partial charge in [0.15, 0.2) is 0 Å². The maximum absolute atomic E-state index is 12.2. The number of rotatable bonds is 2. The molecule has 0 aliphatic carbocycles. The molecule has 1 aromatic carbocycles. The Hall–Kier alpha value is -0.870. The lowest BCUT2D eigenvalue weighted by atomic mass is 9.88. The first kappa shape index (κ1) is 11.2. The third-order valence-electron chi connectivity index (χ3n) is 3.42.